The van der Waals surface area contributed by atoms with Crippen LogP contribution in [0.1, 0.15) is 44.0 Å². The summed E-state index contributed by atoms with van der Waals surface area (Å²) in [5, 5.41) is 6.38. The predicted molar refractivity (Wildman–Crippen MR) is 92.5 cm³/mol. The maximum absolute atomic E-state index is 12.9. The smallest absolute Gasteiger partial charge is 0.406 e. The second-order valence-corrected chi connectivity index (χ2v) is 6.73. The van der Waals surface area contributed by atoms with Crippen LogP contribution in [0, 0.1) is 0 Å². The molecular formula is C18H19F3N4O4. The van der Waals surface area contributed by atoms with Gasteiger partial charge in [-0.15, -0.1) is 13.2 Å². The Bertz CT molecular complexity index is 897. The van der Waals surface area contributed by atoms with Crippen LogP contribution in [0.4, 0.5) is 18.0 Å². The molecule has 29 heavy (non-hydrogen) atoms. The van der Waals surface area contributed by atoms with Crippen LogP contribution in [0.2, 0.25) is 0 Å². The molecule has 1 aliphatic heterocycles. The number of carbonyl (C=O) groups is 2. The van der Waals surface area contributed by atoms with E-state index >= 15 is 0 Å². The Morgan fingerprint density at radius 2 is 1.93 bits per heavy atom. The maximum atomic E-state index is 12.9. The molecule has 1 N–H and O–H groups in total. The lowest BCUT2D eigenvalue weighted by Crippen LogP contribution is -2.40. The van der Waals surface area contributed by atoms with E-state index in [2.05, 4.69) is 20.2 Å². The highest BCUT2D eigenvalue weighted by molar-refractivity contribution is 6.07. The van der Waals surface area contributed by atoms with E-state index in [1.54, 1.807) is 0 Å². The number of halogens is 3. The number of amides is 3. The van der Waals surface area contributed by atoms with Gasteiger partial charge in [-0.3, -0.25) is 9.69 Å². The van der Waals surface area contributed by atoms with Gasteiger partial charge in [0.2, 0.25) is 5.89 Å². The number of nitrogens with one attached hydrogen (secondary N) is 1. The highest BCUT2D eigenvalue weighted by atomic mass is 19.4. The zero-order chi connectivity index (χ0) is 21.2. The minimum Gasteiger partial charge on any atom is -0.406 e. The van der Waals surface area contributed by atoms with Gasteiger partial charge in [-0.25, -0.2) is 4.79 Å². The number of benzene rings is 1. The van der Waals surface area contributed by atoms with E-state index < -0.39 is 29.6 Å². The predicted octanol–water partition coefficient (Wildman–Crippen LogP) is 3.28. The Balaban J connectivity index is 1.74. The Labute approximate surface area is 164 Å². The van der Waals surface area contributed by atoms with Gasteiger partial charge in [0.15, 0.2) is 5.82 Å². The SMILES string of the molecule is CCCCc1noc(CN2C(=O)NC(C)(c3ccc(OC(F)(F)F)cc3)C2=O)n1. The van der Waals surface area contributed by atoms with Gasteiger partial charge in [-0.2, -0.15) is 4.98 Å². The molecule has 1 aliphatic rings. The quantitative estimate of drug-likeness (QED) is 0.701. The summed E-state index contributed by atoms with van der Waals surface area (Å²) in [7, 11) is 0. The molecule has 156 valence electrons. The van der Waals surface area contributed by atoms with Crippen LogP contribution in [-0.2, 0) is 23.3 Å². The zero-order valence-electron chi connectivity index (χ0n) is 15.7. The molecule has 11 heteroatoms. The standard InChI is InChI=1S/C18H19F3N4O4/c1-3-4-5-13-22-14(29-24-13)10-25-15(26)17(2,23-16(25)27)11-6-8-12(9-7-11)28-18(19,20)21/h6-9H,3-5,10H2,1-2H3,(H,23,27). The summed E-state index contributed by atoms with van der Waals surface area (Å²) in [6.07, 6.45) is -2.35. The Kier molecular flexibility index (Phi) is 5.49. The molecule has 1 saturated heterocycles. The van der Waals surface area contributed by atoms with Crippen LogP contribution >= 0.6 is 0 Å². The molecule has 0 saturated carbocycles. The number of nitrogens with zero attached hydrogens (tertiary/aromatic N) is 3. The van der Waals surface area contributed by atoms with Crippen molar-refractivity contribution < 1.29 is 32.0 Å². The van der Waals surface area contributed by atoms with Gasteiger partial charge < -0.3 is 14.6 Å². The molecule has 2 heterocycles. The highest BCUT2D eigenvalue weighted by Crippen LogP contribution is 2.32. The maximum Gasteiger partial charge on any atom is 0.573 e. The summed E-state index contributed by atoms with van der Waals surface area (Å²) in [5.74, 6) is -0.390. The van der Waals surface area contributed by atoms with Crippen molar-refractivity contribution in [2.75, 3.05) is 0 Å². The molecular weight excluding hydrogens is 393 g/mol. The molecule has 3 rings (SSSR count). The minimum absolute atomic E-state index is 0.123. The fraction of sp³-hybridized carbons (Fsp3) is 0.444. The first kappa shape index (κ1) is 20.6. The van der Waals surface area contributed by atoms with E-state index in [0.29, 0.717) is 17.8 Å². The van der Waals surface area contributed by atoms with Gasteiger partial charge in [0.05, 0.1) is 0 Å². The number of imide groups is 1. The molecule has 0 aliphatic carbocycles. The molecule has 1 fully saturated rings. The molecule has 3 amide bonds. The molecule has 0 spiro atoms. The third-order valence-electron chi connectivity index (χ3n) is 4.50. The molecule has 1 aromatic heterocycles. The summed E-state index contributed by atoms with van der Waals surface area (Å²) >= 11 is 0. The van der Waals surface area contributed by atoms with Crippen LogP contribution in [0.25, 0.3) is 0 Å². The number of hydrogen-bond acceptors (Lipinski definition) is 6. The minimum atomic E-state index is -4.82. The van der Waals surface area contributed by atoms with Crippen LogP contribution in [-0.4, -0.2) is 33.3 Å². The van der Waals surface area contributed by atoms with Crippen molar-refractivity contribution in [3.8, 4) is 5.75 Å². The van der Waals surface area contributed by atoms with Gasteiger partial charge in [-0.1, -0.05) is 30.6 Å². The number of hydrogen-bond donors (Lipinski definition) is 1. The van der Waals surface area contributed by atoms with Gasteiger partial charge >= 0.3 is 12.4 Å². The van der Waals surface area contributed by atoms with E-state index in [1.807, 2.05) is 6.92 Å². The van der Waals surface area contributed by atoms with E-state index in [4.69, 9.17) is 4.52 Å². The summed E-state index contributed by atoms with van der Waals surface area (Å²) in [6, 6.07) is 4.07. The third-order valence-corrected chi connectivity index (χ3v) is 4.50. The second-order valence-electron chi connectivity index (χ2n) is 6.73. The topological polar surface area (TPSA) is 97.6 Å². The fourth-order valence-electron chi connectivity index (χ4n) is 2.95. The van der Waals surface area contributed by atoms with Crippen molar-refractivity contribution >= 4 is 11.9 Å². The summed E-state index contributed by atoms with van der Waals surface area (Å²) in [6.45, 7) is 3.29. The molecule has 1 atom stereocenters. The normalized spacial score (nSPS) is 19.6. The van der Waals surface area contributed by atoms with Gasteiger partial charge in [0.1, 0.15) is 17.8 Å². The number of ether oxygens (including phenoxy) is 1. The fourth-order valence-corrected chi connectivity index (χ4v) is 2.95. The van der Waals surface area contributed by atoms with E-state index in [-0.39, 0.29) is 12.4 Å². The van der Waals surface area contributed by atoms with Gasteiger partial charge in [-0.05, 0) is 31.0 Å². The molecule has 1 aromatic carbocycles. The molecule has 8 nitrogen and oxygen atoms in total. The Morgan fingerprint density at radius 3 is 2.55 bits per heavy atom. The molecule has 2 aromatic rings. The first-order chi connectivity index (χ1) is 13.6. The van der Waals surface area contributed by atoms with Crippen LogP contribution in [0.5, 0.6) is 5.75 Å². The van der Waals surface area contributed by atoms with Crippen LogP contribution in [0.3, 0.4) is 0 Å². The lowest BCUT2D eigenvalue weighted by molar-refractivity contribution is -0.274. The summed E-state index contributed by atoms with van der Waals surface area (Å²) < 4.78 is 45.8. The Hall–Kier alpha value is -3.11. The number of unbranched alkanes of at least 4 members (excludes halogenated alkanes) is 1. The van der Waals surface area contributed by atoms with Crippen molar-refractivity contribution in [2.45, 2.75) is 51.6 Å². The largest absolute Gasteiger partial charge is 0.573 e. The number of carbonyl (C=O) groups excluding carboxylic acids is 2. The number of rotatable bonds is 7. The van der Waals surface area contributed by atoms with E-state index in [0.717, 1.165) is 29.9 Å². The monoisotopic (exact) mass is 412 g/mol. The summed E-state index contributed by atoms with van der Waals surface area (Å²) in [5.41, 5.74) is -1.14. The third kappa shape index (κ3) is 4.49. The van der Waals surface area contributed by atoms with Crippen LogP contribution in [0.15, 0.2) is 28.8 Å². The van der Waals surface area contributed by atoms with E-state index in [1.165, 1.54) is 19.1 Å². The number of aromatic nitrogens is 2. The molecule has 1 unspecified atom stereocenters. The summed E-state index contributed by atoms with van der Waals surface area (Å²) in [4.78, 5) is 30.3. The second kappa shape index (κ2) is 7.72. The zero-order valence-corrected chi connectivity index (χ0v) is 15.7. The first-order valence-corrected chi connectivity index (χ1v) is 8.94. The van der Waals surface area contributed by atoms with Crippen molar-refractivity contribution in [3.05, 3.63) is 41.5 Å². The average Bonchev–Trinajstić information content (AvgIpc) is 3.18. The average molecular weight is 412 g/mol. The number of aryl methyl sites for hydroxylation is 1. The van der Waals surface area contributed by atoms with E-state index in [9.17, 15) is 22.8 Å². The molecule has 0 bridgehead atoms. The Morgan fingerprint density at radius 1 is 1.24 bits per heavy atom. The van der Waals surface area contributed by atoms with Crippen molar-refractivity contribution in [3.63, 3.8) is 0 Å². The lowest BCUT2D eigenvalue weighted by atomic mass is 9.92. The highest BCUT2D eigenvalue weighted by Gasteiger charge is 2.49. The van der Waals surface area contributed by atoms with Crippen molar-refractivity contribution in [1.82, 2.24) is 20.4 Å². The van der Waals surface area contributed by atoms with Crippen molar-refractivity contribution in [2.24, 2.45) is 0 Å². The molecule has 0 radical (unpaired) electrons. The number of urea groups is 1. The van der Waals surface area contributed by atoms with Gasteiger partial charge in [0, 0.05) is 6.42 Å². The first-order valence-electron chi connectivity index (χ1n) is 8.94. The van der Waals surface area contributed by atoms with Crippen molar-refractivity contribution in [1.29, 1.82) is 0 Å². The van der Waals surface area contributed by atoms with Crippen LogP contribution < -0.4 is 10.1 Å². The lowest BCUT2D eigenvalue weighted by Gasteiger charge is -2.22. The van der Waals surface area contributed by atoms with Gasteiger partial charge in [0.25, 0.3) is 5.91 Å². The number of alkyl halides is 3.